The van der Waals surface area contributed by atoms with Gasteiger partial charge in [-0.15, -0.1) is 23.1 Å². The summed E-state index contributed by atoms with van der Waals surface area (Å²) in [5, 5.41) is 0. The highest BCUT2D eigenvalue weighted by atomic mass is 35.5. The van der Waals surface area contributed by atoms with Crippen molar-refractivity contribution in [3.8, 4) is 0 Å². The van der Waals surface area contributed by atoms with E-state index in [-0.39, 0.29) is 0 Å². The summed E-state index contributed by atoms with van der Waals surface area (Å²) in [6.45, 7) is 0. The van der Waals surface area contributed by atoms with Gasteiger partial charge in [0, 0.05) is 22.4 Å². The molecule has 4 heteroatoms. The third kappa shape index (κ3) is 2.97. The third-order valence-electron chi connectivity index (χ3n) is 2.06. The quantitative estimate of drug-likeness (QED) is 0.766. The van der Waals surface area contributed by atoms with Crippen LogP contribution in [-0.2, 0) is 6.42 Å². The van der Waals surface area contributed by atoms with E-state index in [9.17, 15) is 0 Å². The van der Waals surface area contributed by atoms with Crippen LogP contribution < -0.4 is 0 Å². The van der Waals surface area contributed by atoms with Crippen molar-refractivity contribution in [3.05, 3.63) is 45.4 Å². The normalized spacial score (nSPS) is 10.5. The summed E-state index contributed by atoms with van der Waals surface area (Å²) < 4.78 is 0.616. The van der Waals surface area contributed by atoms with Gasteiger partial charge in [-0.3, -0.25) is 0 Å². The second-order valence-corrected chi connectivity index (χ2v) is 5.68. The van der Waals surface area contributed by atoms with E-state index in [4.69, 9.17) is 11.6 Å². The van der Waals surface area contributed by atoms with Crippen LogP contribution in [0.25, 0.3) is 0 Å². The summed E-state index contributed by atoms with van der Waals surface area (Å²) in [5.41, 5.74) is 1.30. The van der Waals surface area contributed by atoms with Gasteiger partial charge in [0.1, 0.15) is 0 Å². The SMILES string of the molecule is CSc1ccc(Cc2cnc(Cl)s2)cc1. The Morgan fingerprint density at radius 3 is 2.60 bits per heavy atom. The molecule has 0 N–H and O–H groups in total. The predicted molar refractivity (Wildman–Crippen MR) is 68.2 cm³/mol. The first-order valence-electron chi connectivity index (χ1n) is 4.51. The maximum absolute atomic E-state index is 5.78. The smallest absolute Gasteiger partial charge is 0.183 e. The summed E-state index contributed by atoms with van der Waals surface area (Å²) in [4.78, 5) is 6.52. The van der Waals surface area contributed by atoms with Gasteiger partial charge in [0.15, 0.2) is 4.47 Å². The van der Waals surface area contributed by atoms with Crippen LogP contribution in [0.2, 0.25) is 4.47 Å². The van der Waals surface area contributed by atoms with Gasteiger partial charge in [-0.1, -0.05) is 23.7 Å². The van der Waals surface area contributed by atoms with Crippen molar-refractivity contribution in [2.24, 2.45) is 0 Å². The molecule has 0 bridgehead atoms. The van der Waals surface area contributed by atoms with Gasteiger partial charge in [0.05, 0.1) is 0 Å². The van der Waals surface area contributed by atoms with E-state index >= 15 is 0 Å². The van der Waals surface area contributed by atoms with E-state index < -0.39 is 0 Å². The van der Waals surface area contributed by atoms with Gasteiger partial charge in [0.2, 0.25) is 0 Å². The van der Waals surface area contributed by atoms with Crippen molar-refractivity contribution in [3.63, 3.8) is 0 Å². The molecule has 2 aromatic rings. The zero-order chi connectivity index (χ0) is 10.7. The van der Waals surface area contributed by atoms with Gasteiger partial charge in [-0.05, 0) is 24.0 Å². The molecule has 1 nitrogen and oxygen atoms in total. The van der Waals surface area contributed by atoms with Gasteiger partial charge < -0.3 is 0 Å². The zero-order valence-corrected chi connectivity index (χ0v) is 10.6. The minimum atomic E-state index is 0.616. The van der Waals surface area contributed by atoms with Gasteiger partial charge in [-0.2, -0.15) is 0 Å². The number of hydrogen-bond acceptors (Lipinski definition) is 3. The highest BCUT2D eigenvalue weighted by Gasteiger charge is 2.01. The Bertz CT molecular complexity index is 436. The Labute approximate surface area is 103 Å². The zero-order valence-electron chi connectivity index (χ0n) is 8.24. The fourth-order valence-corrected chi connectivity index (χ4v) is 2.73. The lowest BCUT2D eigenvalue weighted by atomic mass is 10.1. The Morgan fingerprint density at radius 1 is 1.33 bits per heavy atom. The molecule has 0 fully saturated rings. The summed E-state index contributed by atoms with van der Waals surface area (Å²) in [6.07, 6.45) is 4.84. The summed E-state index contributed by atoms with van der Waals surface area (Å²) in [7, 11) is 0. The Balaban J connectivity index is 2.11. The van der Waals surface area contributed by atoms with Crippen molar-refractivity contribution in [2.45, 2.75) is 11.3 Å². The number of nitrogens with zero attached hydrogens (tertiary/aromatic N) is 1. The van der Waals surface area contributed by atoms with Crippen LogP contribution in [0.4, 0.5) is 0 Å². The van der Waals surface area contributed by atoms with E-state index in [0.717, 1.165) is 6.42 Å². The molecule has 15 heavy (non-hydrogen) atoms. The lowest BCUT2D eigenvalue weighted by molar-refractivity contribution is 1.20. The largest absolute Gasteiger partial charge is 0.233 e. The van der Waals surface area contributed by atoms with Crippen molar-refractivity contribution in [1.82, 2.24) is 4.98 Å². The van der Waals surface area contributed by atoms with E-state index in [1.165, 1.54) is 15.3 Å². The van der Waals surface area contributed by atoms with Crippen LogP contribution in [0.3, 0.4) is 0 Å². The number of aromatic nitrogens is 1. The molecule has 0 saturated heterocycles. The van der Waals surface area contributed by atoms with Gasteiger partial charge in [-0.25, -0.2) is 4.98 Å². The van der Waals surface area contributed by atoms with E-state index in [0.29, 0.717) is 4.47 Å². The van der Waals surface area contributed by atoms with Crippen molar-refractivity contribution in [1.29, 1.82) is 0 Å². The topological polar surface area (TPSA) is 12.9 Å². The molecule has 0 saturated carbocycles. The number of thioether (sulfide) groups is 1. The fourth-order valence-electron chi connectivity index (χ4n) is 1.31. The maximum Gasteiger partial charge on any atom is 0.183 e. The van der Waals surface area contributed by atoms with E-state index in [2.05, 4.69) is 35.5 Å². The summed E-state index contributed by atoms with van der Waals surface area (Å²) in [5.74, 6) is 0. The lowest BCUT2D eigenvalue weighted by Crippen LogP contribution is -1.83. The second kappa shape index (κ2) is 5.01. The van der Waals surface area contributed by atoms with Gasteiger partial charge >= 0.3 is 0 Å². The molecule has 2 rings (SSSR count). The molecule has 0 amide bonds. The molecule has 0 aliphatic carbocycles. The second-order valence-electron chi connectivity index (χ2n) is 3.10. The predicted octanol–water partition coefficient (Wildman–Crippen LogP) is 4.11. The Hall–Kier alpha value is -0.510. The molecule has 0 aliphatic heterocycles. The monoisotopic (exact) mass is 255 g/mol. The first-order chi connectivity index (χ1) is 7.28. The van der Waals surface area contributed by atoms with E-state index in [1.54, 1.807) is 23.1 Å². The highest BCUT2D eigenvalue weighted by Crippen LogP contribution is 2.22. The maximum atomic E-state index is 5.78. The highest BCUT2D eigenvalue weighted by molar-refractivity contribution is 7.98. The van der Waals surface area contributed by atoms with Crippen LogP contribution in [0.5, 0.6) is 0 Å². The minimum Gasteiger partial charge on any atom is -0.233 e. The summed E-state index contributed by atoms with van der Waals surface area (Å²) in [6, 6.07) is 8.59. The number of benzene rings is 1. The third-order valence-corrected chi connectivity index (χ3v) is 3.92. The molecule has 0 atom stereocenters. The van der Waals surface area contributed by atoms with Gasteiger partial charge in [0.25, 0.3) is 0 Å². The molecule has 1 heterocycles. The standard InChI is InChI=1S/C11H10ClNS2/c1-14-9-4-2-8(3-5-9)6-10-7-13-11(12)15-10/h2-5,7H,6H2,1H3. The Kier molecular flexibility index (Phi) is 3.67. The first kappa shape index (κ1) is 11.0. The van der Waals surface area contributed by atoms with Crippen LogP contribution in [0.15, 0.2) is 35.4 Å². The molecule has 0 radical (unpaired) electrons. The molecule has 0 aliphatic rings. The molecule has 1 aromatic heterocycles. The molecule has 0 unspecified atom stereocenters. The number of rotatable bonds is 3. The van der Waals surface area contributed by atoms with Crippen LogP contribution >= 0.6 is 34.7 Å². The van der Waals surface area contributed by atoms with Crippen LogP contribution in [0.1, 0.15) is 10.4 Å². The first-order valence-corrected chi connectivity index (χ1v) is 6.93. The molecule has 0 spiro atoms. The lowest BCUT2D eigenvalue weighted by Gasteiger charge is -1.99. The molecular weight excluding hydrogens is 246 g/mol. The fraction of sp³-hybridized carbons (Fsp3) is 0.182. The number of halogens is 1. The summed E-state index contributed by atoms with van der Waals surface area (Å²) >= 11 is 9.08. The average Bonchev–Trinajstić information content (AvgIpc) is 2.65. The van der Waals surface area contributed by atoms with Crippen molar-refractivity contribution < 1.29 is 0 Å². The average molecular weight is 256 g/mol. The van der Waals surface area contributed by atoms with Crippen LogP contribution in [0, 0.1) is 0 Å². The Morgan fingerprint density at radius 2 is 2.07 bits per heavy atom. The molecule has 1 aromatic carbocycles. The van der Waals surface area contributed by atoms with E-state index in [1.807, 2.05) is 6.20 Å². The number of thiazole rings is 1. The van der Waals surface area contributed by atoms with Crippen LogP contribution in [-0.4, -0.2) is 11.2 Å². The van der Waals surface area contributed by atoms with Crippen molar-refractivity contribution in [2.75, 3.05) is 6.26 Å². The molecular formula is C11H10ClNS2. The molecule has 78 valence electrons. The number of hydrogen-bond donors (Lipinski definition) is 0. The minimum absolute atomic E-state index is 0.616. The van der Waals surface area contributed by atoms with Crippen molar-refractivity contribution >= 4 is 34.7 Å².